The molecule has 1 aromatic rings. The predicted octanol–water partition coefficient (Wildman–Crippen LogP) is 2.32. The molecular weight excluding hydrogens is 162 g/mol. The van der Waals surface area contributed by atoms with E-state index in [4.69, 9.17) is 10.4 Å². The second-order valence-corrected chi connectivity index (χ2v) is 3.32. The van der Waals surface area contributed by atoms with E-state index < -0.39 is 0 Å². The minimum Gasteiger partial charge on any atom is -0.385 e. The third-order valence-electron chi connectivity index (χ3n) is 2.38. The topological polar surface area (TPSA) is 44.0 Å². The van der Waals surface area contributed by atoms with Crippen LogP contribution in [0, 0.1) is 17.9 Å². The van der Waals surface area contributed by atoms with Gasteiger partial charge in [-0.3, -0.25) is 0 Å². The second kappa shape index (κ2) is 3.20. The summed E-state index contributed by atoms with van der Waals surface area (Å²) in [5.41, 5.74) is 2.51. The summed E-state index contributed by atoms with van der Waals surface area (Å²) < 4.78 is 0. The standard InChI is InChI=1S/C11H10NO/c12-6-9-2-1-3-10(7-13)11(9)8-4-5-8/h1-3,7-8,13H,4-5H2. The molecule has 1 radical (unpaired) electrons. The Morgan fingerprint density at radius 2 is 2.23 bits per heavy atom. The molecule has 2 rings (SSSR count). The van der Waals surface area contributed by atoms with Crippen LogP contribution in [0.2, 0.25) is 0 Å². The maximum absolute atomic E-state index is 8.98. The Morgan fingerprint density at radius 1 is 1.46 bits per heavy atom. The van der Waals surface area contributed by atoms with Crippen molar-refractivity contribution < 1.29 is 5.11 Å². The molecule has 65 valence electrons. The van der Waals surface area contributed by atoms with E-state index >= 15 is 0 Å². The molecule has 0 saturated heterocycles. The number of aliphatic hydroxyl groups excluding tert-OH is 1. The number of nitrogens with zero attached hydrogens (tertiary/aromatic N) is 1. The number of rotatable bonds is 2. The molecule has 1 aliphatic carbocycles. The molecule has 0 aliphatic heterocycles. The SMILES string of the molecule is N#Cc1cccc([CH]O)c1C1CC1. The molecule has 0 atom stereocenters. The van der Waals surface area contributed by atoms with Crippen LogP contribution in [0.3, 0.4) is 0 Å². The third kappa shape index (κ3) is 1.43. The highest BCUT2D eigenvalue weighted by Crippen LogP contribution is 2.43. The van der Waals surface area contributed by atoms with Crippen molar-refractivity contribution in [1.82, 2.24) is 0 Å². The Hall–Kier alpha value is -1.33. The van der Waals surface area contributed by atoms with Gasteiger partial charge in [-0.15, -0.1) is 0 Å². The Balaban J connectivity index is 2.52. The van der Waals surface area contributed by atoms with Crippen LogP contribution in [-0.2, 0) is 0 Å². The van der Waals surface area contributed by atoms with E-state index in [1.807, 2.05) is 6.07 Å². The maximum Gasteiger partial charge on any atom is 0.109 e. The van der Waals surface area contributed by atoms with Gasteiger partial charge in [-0.25, -0.2) is 0 Å². The van der Waals surface area contributed by atoms with Crippen LogP contribution in [0.4, 0.5) is 0 Å². The summed E-state index contributed by atoms with van der Waals surface area (Å²) in [6.07, 6.45) is 2.28. The van der Waals surface area contributed by atoms with E-state index in [0.717, 1.165) is 30.6 Å². The van der Waals surface area contributed by atoms with Gasteiger partial charge in [0.25, 0.3) is 0 Å². The number of benzene rings is 1. The summed E-state index contributed by atoms with van der Waals surface area (Å²) >= 11 is 0. The van der Waals surface area contributed by atoms with Gasteiger partial charge < -0.3 is 5.11 Å². The summed E-state index contributed by atoms with van der Waals surface area (Å²) in [5.74, 6) is 0.495. The summed E-state index contributed by atoms with van der Waals surface area (Å²) in [6.45, 7) is 1.09. The highest BCUT2D eigenvalue weighted by atomic mass is 16.3. The second-order valence-electron chi connectivity index (χ2n) is 3.32. The van der Waals surface area contributed by atoms with Crippen LogP contribution in [0.5, 0.6) is 0 Å². The van der Waals surface area contributed by atoms with Crippen molar-refractivity contribution in [2.45, 2.75) is 18.8 Å². The average molecular weight is 172 g/mol. The van der Waals surface area contributed by atoms with Crippen LogP contribution >= 0.6 is 0 Å². The van der Waals surface area contributed by atoms with Crippen molar-refractivity contribution >= 4 is 0 Å². The lowest BCUT2D eigenvalue weighted by atomic mass is 9.98. The van der Waals surface area contributed by atoms with Crippen molar-refractivity contribution in [1.29, 1.82) is 5.26 Å². The molecule has 1 fully saturated rings. The molecule has 0 heterocycles. The van der Waals surface area contributed by atoms with E-state index in [-0.39, 0.29) is 0 Å². The molecule has 2 heteroatoms. The first-order valence-corrected chi connectivity index (χ1v) is 4.37. The zero-order valence-corrected chi connectivity index (χ0v) is 7.20. The van der Waals surface area contributed by atoms with Gasteiger partial charge in [-0.05, 0) is 36.0 Å². The Labute approximate surface area is 77.4 Å². The van der Waals surface area contributed by atoms with Gasteiger partial charge in [-0.2, -0.15) is 5.26 Å². The van der Waals surface area contributed by atoms with Crippen molar-refractivity contribution in [3.8, 4) is 6.07 Å². The molecule has 1 saturated carbocycles. The van der Waals surface area contributed by atoms with Gasteiger partial charge in [0.2, 0.25) is 0 Å². The molecule has 1 aromatic carbocycles. The highest BCUT2D eigenvalue weighted by molar-refractivity contribution is 5.48. The zero-order valence-electron chi connectivity index (χ0n) is 7.20. The molecule has 2 nitrogen and oxygen atoms in total. The maximum atomic E-state index is 8.98. The lowest BCUT2D eigenvalue weighted by Gasteiger charge is -2.06. The number of hydrogen-bond acceptors (Lipinski definition) is 2. The van der Waals surface area contributed by atoms with E-state index in [1.165, 1.54) is 0 Å². The molecule has 1 N–H and O–H groups in total. The predicted molar refractivity (Wildman–Crippen MR) is 48.5 cm³/mol. The normalized spacial score (nSPS) is 15.4. The fraction of sp³-hybridized carbons (Fsp3) is 0.273. The molecule has 13 heavy (non-hydrogen) atoms. The molecule has 0 aromatic heterocycles. The number of nitriles is 1. The first kappa shape index (κ1) is 8.28. The summed E-state index contributed by atoms with van der Waals surface area (Å²) in [6, 6.07) is 7.61. The largest absolute Gasteiger partial charge is 0.385 e. The van der Waals surface area contributed by atoms with Crippen LogP contribution in [0.15, 0.2) is 18.2 Å². The van der Waals surface area contributed by atoms with E-state index in [9.17, 15) is 0 Å². The summed E-state index contributed by atoms with van der Waals surface area (Å²) in [7, 11) is 0. The van der Waals surface area contributed by atoms with Gasteiger partial charge in [0.05, 0.1) is 11.6 Å². The minimum atomic E-state index is 0.495. The Bertz CT molecular complexity index is 361. The fourth-order valence-corrected chi connectivity index (χ4v) is 1.62. The Kier molecular flexibility index (Phi) is 2.03. The smallest absolute Gasteiger partial charge is 0.109 e. The molecule has 0 amide bonds. The molecule has 0 spiro atoms. The minimum absolute atomic E-state index is 0.495. The van der Waals surface area contributed by atoms with E-state index in [1.54, 1.807) is 12.1 Å². The van der Waals surface area contributed by atoms with Crippen LogP contribution < -0.4 is 0 Å². The third-order valence-corrected chi connectivity index (χ3v) is 2.38. The quantitative estimate of drug-likeness (QED) is 0.743. The molecular formula is C11H10NO. The molecule has 0 unspecified atom stereocenters. The first-order chi connectivity index (χ1) is 6.36. The number of aliphatic hydroxyl groups is 1. The Morgan fingerprint density at radius 3 is 2.77 bits per heavy atom. The van der Waals surface area contributed by atoms with E-state index in [2.05, 4.69) is 6.07 Å². The van der Waals surface area contributed by atoms with Crippen LogP contribution in [-0.4, -0.2) is 5.11 Å². The lowest BCUT2D eigenvalue weighted by Crippen LogP contribution is -1.94. The molecule has 1 aliphatic rings. The van der Waals surface area contributed by atoms with Crippen molar-refractivity contribution in [2.24, 2.45) is 0 Å². The monoisotopic (exact) mass is 172 g/mol. The van der Waals surface area contributed by atoms with Crippen molar-refractivity contribution in [3.05, 3.63) is 41.5 Å². The number of hydrogen-bond donors (Lipinski definition) is 1. The molecule has 0 bridgehead atoms. The van der Waals surface area contributed by atoms with Crippen molar-refractivity contribution in [2.75, 3.05) is 0 Å². The fourth-order valence-electron chi connectivity index (χ4n) is 1.62. The van der Waals surface area contributed by atoms with Crippen molar-refractivity contribution in [3.63, 3.8) is 0 Å². The highest BCUT2D eigenvalue weighted by Gasteiger charge is 2.28. The van der Waals surface area contributed by atoms with Crippen LogP contribution in [0.25, 0.3) is 0 Å². The van der Waals surface area contributed by atoms with Gasteiger partial charge in [0.1, 0.15) is 6.61 Å². The van der Waals surface area contributed by atoms with Gasteiger partial charge in [0.15, 0.2) is 0 Å². The summed E-state index contributed by atoms with van der Waals surface area (Å²) in [4.78, 5) is 0. The van der Waals surface area contributed by atoms with E-state index in [0.29, 0.717) is 11.5 Å². The average Bonchev–Trinajstić information content (AvgIpc) is 3.00. The lowest BCUT2D eigenvalue weighted by molar-refractivity contribution is 0.413. The van der Waals surface area contributed by atoms with Crippen LogP contribution in [0.1, 0.15) is 35.4 Å². The first-order valence-electron chi connectivity index (χ1n) is 4.37. The summed E-state index contributed by atoms with van der Waals surface area (Å²) in [5, 5.41) is 17.9. The zero-order chi connectivity index (χ0) is 9.26. The van der Waals surface area contributed by atoms with Gasteiger partial charge >= 0.3 is 0 Å². The van der Waals surface area contributed by atoms with Gasteiger partial charge in [-0.1, -0.05) is 12.1 Å². The van der Waals surface area contributed by atoms with Gasteiger partial charge in [0, 0.05) is 0 Å².